The summed E-state index contributed by atoms with van der Waals surface area (Å²) >= 11 is 0. The number of benzene rings is 3. The molecule has 4 rings (SSSR count). The molecule has 1 aliphatic heterocycles. The van der Waals surface area contributed by atoms with E-state index in [4.69, 9.17) is 14.2 Å². The van der Waals surface area contributed by atoms with E-state index in [0.717, 1.165) is 16.7 Å². The molecule has 226 valence electrons. The highest BCUT2D eigenvalue weighted by molar-refractivity contribution is 5.82. The van der Waals surface area contributed by atoms with Gasteiger partial charge in [-0.25, -0.2) is 8.78 Å². The van der Waals surface area contributed by atoms with Gasteiger partial charge in [0.1, 0.15) is 11.6 Å². The van der Waals surface area contributed by atoms with E-state index in [9.17, 15) is 13.6 Å². The molecule has 1 aliphatic rings. The topological polar surface area (TPSA) is 63.3 Å². The number of carbonyl (C=O) groups excluding carboxylic acids is 1. The van der Waals surface area contributed by atoms with Gasteiger partial charge in [-0.3, -0.25) is 9.69 Å². The van der Waals surface area contributed by atoms with E-state index >= 15 is 0 Å². The Morgan fingerprint density at radius 1 is 0.810 bits per heavy atom. The molecule has 9 heteroatoms. The summed E-state index contributed by atoms with van der Waals surface area (Å²) in [6.45, 7) is 7.04. The lowest BCUT2D eigenvalue weighted by Gasteiger charge is -2.41. The summed E-state index contributed by atoms with van der Waals surface area (Å²) in [4.78, 5) is 18.0. The van der Waals surface area contributed by atoms with E-state index in [1.807, 2.05) is 17.0 Å². The first-order chi connectivity index (χ1) is 20.2. The van der Waals surface area contributed by atoms with Crippen molar-refractivity contribution in [1.29, 1.82) is 0 Å². The molecule has 0 unspecified atom stereocenters. The number of methoxy groups -OCH3 is 3. The fourth-order valence-corrected chi connectivity index (χ4v) is 5.55. The van der Waals surface area contributed by atoms with Crippen LogP contribution in [0.15, 0.2) is 60.7 Å². The van der Waals surface area contributed by atoms with Crippen molar-refractivity contribution < 1.29 is 27.8 Å². The molecule has 0 aliphatic carbocycles. The standard InChI is InChI=1S/C33H41F2N3O4/c1-22(2)18-28(36-21-23-19-29(40-3)32(42-5)30(20-23)41-4)33(39)38-16-14-37(15-17-38)31(24-6-10-26(34)11-7-24)25-8-12-27(35)13-9-25/h6-13,19-20,22,28,31,36H,14-18,21H2,1-5H3/t28-/m0/s1. The van der Waals surface area contributed by atoms with Crippen LogP contribution >= 0.6 is 0 Å². The van der Waals surface area contributed by atoms with Crippen molar-refractivity contribution in [3.8, 4) is 17.2 Å². The van der Waals surface area contributed by atoms with Gasteiger partial charge in [0.25, 0.3) is 0 Å². The van der Waals surface area contributed by atoms with Gasteiger partial charge in [0, 0.05) is 32.7 Å². The van der Waals surface area contributed by atoms with Crippen LogP contribution in [0, 0.1) is 17.6 Å². The lowest BCUT2D eigenvalue weighted by Crippen LogP contribution is -2.54. The second kappa shape index (κ2) is 14.5. The van der Waals surface area contributed by atoms with E-state index in [0.29, 0.717) is 62.3 Å². The van der Waals surface area contributed by atoms with Crippen molar-refractivity contribution in [2.45, 2.75) is 38.9 Å². The van der Waals surface area contributed by atoms with Crippen LogP contribution in [0.5, 0.6) is 17.2 Å². The van der Waals surface area contributed by atoms with Gasteiger partial charge in [-0.1, -0.05) is 38.1 Å². The zero-order valence-electron chi connectivity index (χ0n) is 25.0. The molecule has 0 radical (unpaired) electrons. The van der Waals surface area contributed by atoms with Gasteiger partial charge in [-0.15, -0.1) is 0 Å². The van der Waals surface area contributed by atoms with E-state index in [1.165, 1.54) is 24.3 Å². The molecule has 1 saturated heterocycles. The monoisotopic (exact) mass is 581 g/mol. The second-order valence-electron chi connectivity index (χ2n) is 11.0. The number of halogens is 2. The van der Waals surface area contributed by atoms with Crippen molar-refractivity contribution in [2.24, 2.45) is 5.92 Å². The molecule has 0 aromatic heterocycles. The number of carbonyl (C=O) groups is 1. The predicted molar refractivity (Wildman–Crippen MR) is 159 cm³/mol. The van der Waals surface area contributed by atoms with Crippen LogP contribution < -0.4 is 19.5 Å². The molecule has 0 bridgehead atoms. The maximum atomic E-state index is 13.8. The van der Waals surface area contributed by atoms with Crippen LogP contribution in [0.2, 0.25) is 0 Å². The summed E-state index contributed by atoms with van der Waals surface area (Å²) in [5, 5.41) is 3.47. The molecule has 3 aromatic rings. The number of piperazine rings is 1. The number of nitrogens with zero attached hydrogens (tertiary/aromatic N) is 2. The van der Waals surface area contributed by atoms with Crippen molar-refractivity contribution >= 4 is 5.91 Å². The van der Waals surface area contributed by atoms with Gasteiger partial charge < -0.3 is 24.4 Å². The second-order valence-corrected chi connectivity index (χ2v) is 11.0. The van der Waals surface area contributed by atoms with E-state index < -0.39 is 0 Å². The van der Waals surface area contributed by atoms with Crippen molar-refractivity contribution in [1.82, 2.24) is 15.1 Å². The molecule has 1 N–H and O–H groups in total. The van der Waals surface area contributed by atoms with Gasteiger partial charge in [-0.05, 0) is 65.4 Å². The summed E-state index contributed by atoms with van der Waals surface area (Å²) in [7, 11) is 4.73. The summed E-state index contributed by atoms with van der Waals surface area (Å²) < 4.78 is 43.8. The van der Waals surface area contributed by atoms with E-state index in [2.05, 4.69) is 24.1 Å². The molecule has 42 heavy (non-hydrogen) atoms. The fourth-order valence-electron chi connectivity index (χ4n) is 5.55. The number of ether oxygens (including phenoxy) is 3. The third-order valence-corrected chi connectivity index (χ3v) is 7.64. The Bertz CT molecular complexity index is 1240. The molecule has 3 aromatic carbocycles. The number of rotatable bonds is 12. The minimum absolute atomic E-state index is 0.0657. The normalized spacial score (nSPS) is 14.7. The average molecular weight is 582 g/mol. The van der Waals surface area contributed by atoms with Gasteiger partial charge in [-0.2, -0.15) is 0 Å². The van der Waals surface area contributed by atoms with Gasteiger partial charge in [0.15, 0.2) is 11.5 Å². The van der Waals surface area contributed by atoms with Crippen molar-refractivity contribution in [3.05, 3.63) is 89.0 Å². The third kappa shape index (κ3) is 7.57. The maximum Gasteiger partial charge on any atom is 0.239 e. The first kappa shape index (κ1) is 31.3. The largest absolute Gasteiger partial charge is 0.493 e. The third-order valence-electron chi connectivity index (χ3n) is 7.64. The fraction of sp³-hybridized carbons (Fsp3) is 0.424. The van der Waals surface area contributed by atoms with Crippen LogP contribution in [0.25, 0.3) is 0 Å². The van der Waals surface area contributed by atoms with Gasteiger partial charge >= 0.3 is 0 Å². The Morgan fingerprint density at radius 3 is 1.74 bits per heavy atom. The van der Waals surface area contributed by atoms with Crippen LogP contribution in [-0.4, -0.2) is 69.3 Å². The molecule has 1 amide bonds. The van der Waals surface area contributed by atoms with E-state index in [1.54, 1.807) is 45.6 Å². The smallest absolute Gasteiger partial charge is 0.239 e. The Labute approximate surface area is 247 Å². The van der Waals surface area contributed by atoms with Crippen LogP contribution in [-0.2, 0) is 11.3 Å². The van der Waals surface area contributed by atoms with Crippen LogP contribution in [0.4, 0.5) is 8.78 Å². The predicted octanol–water partition coefficient (Wildman–Crippen LogP) is 5.43. The Hall–Kier alpha value is -3.69. The molecule has 0 spiro atoms. The van der Waals surface area contributed by atoms with Gasteiger partial charge in [0.2, 0.25) is 11.7 Å². The molecule has 1 heterocycles. The highest BCUT2D eigenvalue weighted by Gasteiger charge is 2.31. The van der Waals surface area contributed by atoms with Crippen molar-refractivity contribution in [3.63, 3.8) is 0 Å². The average Bonchev–Trinajstić information content (AvgIpc) is 3.00. The zero-order valence-corrected chi connectivity index (χ0v) is 25.0. The minimum Gasteiger partial charge on any atom is -0.493 e. The number of nitrogens with one attached hydrogen (secondary N) is 1. The number of hydrogen-bond donors (Lipinski definition) is 1. The molecular weight excluding hydrogens is 540 g/mol. The molecular formula is C33H41F2N3O4. The highest BCUT2D eigenvalue weighted by Crippen LogP contribution is 2.38. The summed E-state index contributed by atoms with van der Waals surface area (Å²) in [5.41, 5.74) is 2.76. The quantitative estimate of drug-likeness (QED) is 0.308. The van der Waals surface area contributed by atoms with Crippen molar-refractivity contribution in [2.75, 3.05) is 47.5 Å². The maximum absolute atomic E-state index is 13.8. The first-order valence-electron chi connectivity index (χ1n) is 14.3. The summed E-state index contributed by atoms with van der Waals surface area (Å²) in [5.74, 6) is 1.42. The van der Waals surface area contributed by atoms with Crippen LogP contribution in [0.3, 0.4) is 0 Å². The summed E-state index contributed by atoms with van der Waals surface area (Å²) in [6, 6.07) is 16.1. The zero-order chi connectivity index (χ0) is 30.2. The minimum atomic E-state index is -0.361. The Kier molecular flexibility index (Phi) is 10.8. The molecule has 1 fully saturated rings. The molecule has 1 atom stereocenters. The first-order valence-corrected chi connectivity index (χ1v) is 14.3. The Morgan fingerprint density at radius 2 is 1.31 bits per heavy atom. The highest BCUT2D eigenvalue weighted by atomic mass is 19.1. The SMILES string of the molecule is COc1cc(CN[C@@H](CC(C)C)C(=O)N2CCN(C(c3ccc(F)cc3)c3ccc(F)cc3)CC2)cc(OC)c1OC. The number of hydrogen-bond acceptors (Lipinski definition) is 6. The molecule has 7 nitrogen and oxygen atoms in total. The summed E-state index contributed by atoms with van der Waals surface area (Å²) in [6.07, 6.45) is 0.692. The Balaban J connectivity index is 1.46. The van der Waals surface area contributed by atoms with Gasteiger partial charge in [0.05, 0.1) is 33.4 Å². The lowest BCUT2D eigenvalue weighted by atomic mass is 9.96. The molecule has 0 saturated carbocycles. The van der Waals surface area contributed by atoms with Crippen LogP contribution in [0.1, 0.15) is 43.0 Å². The van der Waals surface area contributed by atoms with E-state index in [-0.39, 0.29) is 29.6 Å². The lowest BCUT2D eigenvalue weighted by molar-refractivity contribution is -0.136. The number of amides is 1.